The van der Waals surface area contributed by atoms with Crippen molar-refractivity contribution in [1.82, 2.24) is 0 Å². The average molecular weight is 357 g/mol. The molecule has 3 nitrogen and oxygen atoms in total. The van der Waals surface area contributed by atoms with E-state index in [1.807, 2.05) is 0 Å². The van der Waals surface area contributed by atoms with Crippen molar-refractivity contribution in [2.24, 2.45) is 0 Å². The van der Waals surface area contributed by atoms with Crippen molar-refractivity contribution >= 4 is 21.7 Å². The Morgan fingerprint density at radius 2 is 1.67 bits per heavy atom. The third kappa shape index (κ3) is 2.90. The summed E-state index contributed by atoms with van der Waals surface area (Å²) < 4.78 is 38.0. The van der Waals surface area contributed by atoms with E-state index in [2.05, 4.69) is 15.9 Å². The van der Waals surface area contributed by atoms with E-state index in [0.717, 1.165) is 12.1 Å². The van der Waals surface area contributed by atoms with Crippen molar-refractivity contribution in [3.63, 3.8) is 0 Å². The van der Waals surface area contributed by atoms with Gasteiger partial charge in [-0.15, -0.1) is 0 Å². The summed E-state index contributed by atoms with van der Waals surface area (Å²) >= 11 is 3.20. The minimum atomic E-state index is -0.926. The zero-order chi connectivity index (χ0) is 15.6. The number of carbonyl (C=O) groups excluding carboxylic acids is 1. The molecule has 0 aliphatic heterocycles. The van der Waals surface area contributed by atoms with Gasteiger partial charge in [-0.1, -0.05) is 6.07 Å². The van der Waals surface area contributed by atoms with Crippen molar-refractivity contribution in [3.8, 4) is 11.5 Å². The quantitative estimate of drug-likeness (QED) is 0.777. The normalized spacial score (nSPS) is 10.3. The maximum absolute atomic E-state index is 13.8. The fraction of sp³-hybridized carbons (Fsp3) is 0.133. The van der Waals surface area contributed by atoms with E-state index in [-0.39, 0.29) is 11.3 Å². The van der Waals surface area contributed by atoms with E-state index in [4.69, 9.17) is 9.47 Å². The van der Waals surface area contributed by atoms with Gasteiger partial charge in [-0.05, 0) is 34.1 Å². The van der Waals surface area contributed by atoms with E-state index in [9.17, 15) is 13.6 Å². The van der Waals surface area contributed by atoms with Crippen LogP contribution in [0.1, 0.15) is 15.9 Å². The summed E-state index contributed by atoms with van der Waals surface area (Å²) in [5.41, 5.74) is -0.594. The van der Waals surface area contributed by atoms with Gasteiger partial charge in [0.05, 0.1) is 25.3 Å². The van der Waals surface area contributed by atoms with Gasteiger partial charge in [0.25, 0.3) is 0 Å². The Kier molecular flexibility index (Phi) is 4.57. The zero-order valence-electron chi connectivity index (χ0n) is 11.2. The summed E-state index contributed by atoms with van der Waals surface area (Å²) in [6.07, 6.45) is 0. The molecule has 0 aromatic heterocycles. The van der Waals surface area contributed by atoms with Gasteiger partial charge in [0.15, 0.2) is 0 Å². The lowest BCUT2D eigenvalue weighted by molar-refractivity contribution is 0.102. The maximum atomic E-state index is 13.8. The Labute approximate surface area is 128 Å². The third-order valence-corrected chi connectivity index (χ3v) is 3.53. The molecule has 0 spiro atoms. The molecule has 2 aromatic rings. The average Bonchev–Trinajstić information content (AvgIpc) is 2.45. The lowest BCUT2D eigenvalue weighted by atomic mass is 10.0. The van der Waals surface area contributed by atoms with Crippen LogP contribution in [0.4, 0.5) is 8.78 Å². The van der Waals surface area contributed by atoms with Crippen molar-refractivity contribution < 1.29 is 23.0 Å². The molecule has 0 bridgehead atoms. The molecule has 0 amide bonds. The molecule has 21 heavy (non-hydrogen) atoms. The number of ether oxygens (including phenoxy) is 2. The number of rotatable bonds is 4. The van der Waals surface area contributed by atoms with Crippen molar-refractivity contribution in [1.29, 1.82) is 0 Å². The summed E-state index contributed by atoms with van der Waals surface area (Å²) in [5.74, 6) is -2.05. The highest BCUT2D eigenvalue weighted by atomic mass is 79.9. The summed E-state index contributed by atoms with van der Waals surface area (Å²) in [6.45, 7) is 0. The Morgan fingerprint density at radius 1 is 1.05 bits per heavy atom. The molecule has 0 saturated heterocycles. The second kappa shape index (κ2) is 6.22. The summed E-state index contributed by atoms with van der Waals surface area (Å²) in [5, 5.41) is 0. The molecule has 2 rings (SSSR count). The number of benzene rings is 2. The maximum Gasteiger partial charge on any atom is 0.203 e. The molecule has 0 heterocycles. The molecule has 0 saturated carbocycles. The SMILES string of the molecule is COc1cc(Br)c(C(=O)c2c(F)cccc2F)c(OC)c1. The summed E-state index contributed by atoms with van der Waals surface area (Å²) in [4.78, 5) is 12.5. The number of hydrogen-bond acceptors (Lipinski definition) is 3. The van der Waals surface area contributed by atoms with E-state index in [1.54, 1.807) is 0 Å². The first-order chi connectivity index (χ1) is 9.99. The lowest BCUT2D eigenvalue weighted by Crippen LogP contribution is -2.10. The van der Waals surface area contributed by atoms with Crippen molar-refractivity contribution in [2.75, 3.05) is 14.2 Å². The molecule has 110 valence electrons. The molecule has 0 N–H and O–H groups in total. The van der Waals surface area contributed by atoms with Crippen LogP contribution in [0.15, 0.2) is 34.8 Å². The van der Waals surface area contributed by atoms with Crippen LogP contribution in [-0.4, -0.2) is 20.0 Å². The van der Waals surface area contributed by atoms with Gasteiger partial charge in [-0.3, -0.25) is 4.79 Å². The van der Waals surface area contributed by atoms with Gasteiger partial charge in [-0.2, -0.15) is 0 Å². The number of methoxy groups -OCH3 is 2. The first-order valence-electron chi connectivity index (χ1n) is 5.89. The fourth-order valence-electron chi connectivity index (χ4n) is 1.90. The van der Waals surface area contributed by atoms with Gasteiger partial charge in [-0.25, -0.2) is 8.78 Å². The highest BCUT2D eigenvalue weighted by Crippen LogP contribution is 2.34. The number of hydrogen-bond donors (Lipinski definition) is 0. The Morgan fingerprint density at radius 3 is 2.19 bits per heavy atom. The molecule has 2 aromatic carbocycles. The van der Waals surface area contributed by atoms with E-state index >= 15 is 0 Å². The van der Waals surface area contributed by atoms with Crippen molar-refractivity contribution in [3.05, 3.63) is 57.6 Å². The number of halogens is 3. The largest absolute Gasteiger partial charge is 0.497 e. The molecule has 0 aliphatic carbocycles. The van der Waals surface area contributed by atoms with Gasteiger partial charge >= 0.3 is 0 Å². The van der Waals surface area contributed by atoms with Gasteiger partial charge < -0.3 is 9.47 Å². The van der Waals surface area contributed by atoms with Crippen LogP contribution < -0.4 is 9.47 Å². The first kappa shape index (κ1) is 15.4. The molecule has 0 fully saturated rings. The van der Waals surface area contributed by atoms with Crippen LogP contribution in [-0.2, 0) is 0 Å². The molecule has 0 unspecified atom stereocenters. The van der Waals surface area contributed by atoms with Crippen LogP contribution in [0.5, 0.6) is 11.5 Å². The Balaban J connectivity index is 2.64. The molecular formula is C15H11BrF2O3. The van der Waals surface area contributed by atoms with Gasteiger partial charge in [0, 0.05) is 10.5 Å². The van der Waals surface area contributed by atoms with Crippen molar-refractivity contribution in [2.45, 2.75) is 0 Å². The second-order valence-electron chi connectivity index (χ2n) is 4.11. The minimum absolute atomic E-state index is 0.0299. The fourth-order valence-corrected chi connectivity index (χ4v) is 2.50. The molecule has 0 aliphatic rings. The lowest BCUT2D eigenvalue weighted by Gasteiger charge is -2.12. The summed E-state index contributed by atoms with van der Waals surface area (Å²) in [6, 6.07) is 6.24. The van der Waals surface area contributed by atoms with E-state index in [1.165, 1.54) is 32.4 Å². The minimum Gasteiger partial charge on any atom is -0.497 e. The Hall–Kier alpha value is -1.95. The number of carbonyl (C=O) groups is 1. The highest BCUT2D eigenvalue weighted by Gasteiger charge is 2.25. The highest BCUT2D eigenvalue weighted by molar-refractivity contribution is 9.10. The van der Waals surface area contributed by atoms with Crippen LogP contribution >= 0.6 is 15.9 Å². The number of ketones is 1. The second-order valence-corrected chi connectivity index (χ2v) is 4.97. The van der Waals surface area contributed by atoms with E-state index < -0.39 is 23.0 Å². The standard InChI is InChI=1S/C15H11BrF2O3/c1-20-8-6-9(16)13(12(7-8)21-2)15(19)14-10(17)4-3-5-11(14)18/h3-7H,1-2H3. The van der Waals surface area contributed by atoms with Crippen LogP contribution in [0.2, 0.25) is 0 Å². The predicted molar refractivity (Wildman–Crippen MR) is 77.0 cm³/mol. The predicted octanol–water partition coefficient (Wildman–Crippen LogP) is 3.98. The molecular weight excluding hydrogens is 346 g/mol. The van der Waals surface area contributed by atoms with Gasteiger partial charge in [0.1, 0.15) is 23.1 Å². The third-order valence-electron chi connectivity index (χ3n) is 2.90. The van der Waals surface area contributed by atoms with Crippen LogP contribution in [0, 0.1) is 11.6 Å². The van der Waals surface area contributed by atoms with Crippen LogP contribution in [0.3, 0.4) is 0 Å². The zero-order valence-corrected chi connectivity index (χ0v) is 12.8. The van der Waals surface area contributed by atoms with Crippen LogP contribution in [0.25, 0.3) is 0 Å². The van der Waals surface area contributed by atoms with E-state index in [0.29, 0.717) is 10.2 Å². The topological polar surface area (TPSA) is 35.5 Å². The first-order valence-corrected chi connectivity index (χ1v) is 6.69. The van der Waals surface area contributed by atoms with Gasteiger partial charge in [0.2, 0.25) is 5.78 Å². The smallest absolute Gasteiger partial charge is 0.203 e. The monoisotopic (exact) mass is 356 g/mol. The Bertz CT molecular complexity index is 681. The molecule has 0 radical (unpaired) electrons. The summed E-state index contributed by atoms with van der Waals surface area (Å²) in [7, 11) is 2.81. The molecule has 6 heteroatoms. The molecule has 0 atom stereocenters.